The van der Waals surface area contributed by atoms with Crippen LogP contribution < -0.4 is 19.7 Å². The van der Waals surface area contributed by atoms with Crippen molar-refractivity contribution < 1.29 is 19.4 Å². The van der Waals surface area contributed by atoms with Gasteiger partial charge in [-0.1, -0.05) is 12.1 Å². The third-order valence-electron chi connectivity index (χ3n) is 4.69. The lowest BCUT2D eigenvalue weighted by molar-refractivity contribution is 0.0697. The zero-order valence-corrected chi connectivity index (χ0v) is 15.1. The molecule has 1 atom stereocenters. The van der Waals surface area contributed by atoms with Gasteiger partial charge >= 0.3 is 5.97 Å². The highest BCUT2D eigenvalue weighted by Gasteiger charge is 2.23. The topological polar surface area (TPSA) is 71.0 Å². The number of hydrogen-bond acceptors (Lipinski definition) is 5. The monoisotopic (exact) mass is 356 g/mol. The van der Waals surface area contributed by atoms with Crippen molar-refractivity contribution in [2.24, 2.45) is 0 Å². The Bertz CT molecular complexity index is 739. The average molecular weight is 356 g/mol. The maximum absolute atomic E-state index is 10.9. The van der Waals surface area contributed by atoms with Crippen LogP contribution in [0, 0.1) is 0 Å². The van der Waals surface area contributed by atoms with Gasteiger partial charge in [0.25, 0.3) is 0 Å². The van der Waals surface area contributed by atoms with E-state index in [1.807, 2.05) is 30.3 Å². The summed E-state index contributed by atoms with van der Waals surface area (Å²) < 4.78 is 10.7. The number of anilines is 1. The molecule has 6 heteroatoms. The average Bonchev–Trinajstić information content (AvgIpc) is 3.15. The maximum atomic E-state index is 10.9. The number of nitrogens with zero attached hydrogens (tertiary/aromatic N) is 1. The van der Waals surface area contributed by atoms with Crippen LogP contribution >= 0.6 is 0 Å². The minimum Gasteiger partial charge on any atom is -0.497 e. The first-order valence-corrected chi connectivity index (χ1v) is 8.62. The summed E-state index contributed by atoms with van der Waals surface area (Å²) in [4.78, 5) is 13.2. The lowest BCUT2D eigenvalue weighted by Gasteiger charge is -2.20. The molecule has 1 fully saturated rings. The van der Waals surface area contributed by atoms with E-state index in [-0.39, 0.29) is 0 Å². The number of benzene rings is 2. The first kappa shape index (κ1) is 18.1. The van der Waals surface area contributed by atoms with Gasteiger partial charge in [0.05, 0.1) is 19.8 Å². The number of carboxylic acids is 1. The molecule has 1 heterocycles. The lowest BCUT2D eigenvalue weighted by Crippen LogP contribution is -2.32. The molecular weight excluding hydrogens is 332 g/mol. The van der Waals surface area contributed by atoms with Gasteiger partial charge < -0.3 is 24.8 Å². The summed E-state index contributed by atoms with van der Waals surface area (Å²) in [6.45, 7) is 2.59. The van der Waals surface area contributed by atoms with Crippen LogP contribution in [0.2, 0.25) is 0 Å². The zero-order valence-electron chi connectivity index (χ0n) is 15.1. The van der Waals surface area contributed by atoms with Gasteiger partial charge in [-0.05, 0) is 24.1 Å². The van der Waals surface area contributed by atoms with E-state index in [1.54, 1.807) is 26.4 Å². The lowest BCUT2D eigenvalue weighted by atomic mass is 10.1. The summed E-state index contributed by atoms with van der Waals surface area (Å²) in [6.07, 6.45) is 1.05. The van der Waals surface area contributed by atoms with Crippen molar-refractivity contribution in [3.8, 4) is 11.5 Å². The van der Waals surface area contributed by atoms with Crippen LogP contribution in [-0.2, 0) is 6.54 Å². The predicted molar refractivity (Wildman–Crippen MR) is 100 cm³/mol. The van der Waals surface area contributed by atoms with Crippen molar-refractivity contribution >= 4 is 11.7 Å². The summed E-state index contributed by atoms with van der Waals surface area (Å²) >= 11 is 0. The molecule has 26 heavy (non-hydrogen) atoms. The van der Waals surface area contributed by atoms with Crippen LogP contribution in [0.4, 0.5) is 5.69 Å². The van der Waals surface area contributed by atoms with Crippen molar-refractivity contribution in [3.63, 3.8) is 0 Å². The van der Waals surface area contributed by atoms with E-state index in [2.05, 4.69) is 10.2 Å². The van der Waals surface area contributed by atoms with Crippen LogP contribution in [0.15, 0.2) is 42.5 Å². The molecular formula is C20H24N2O4. The second-order valence-electron chi connectivity index (χ2n) is 6.39. The van der Waals surface area contributed by atoms with E-state index in [1.165, 1.54) is 0 Å². The summed E-state index contributed by atoms with van der Waals surface area (Å²) in [6, 6.07) is 13.3. The molecule has 6 nitrogen and oxygen atoms in total. The Hall–Kier alpha value is -2.73. The Morgan fingerprint density at radius 2 is 1.81 bits per heavy atom. The smallest absolute Gasteiger partial charge is 0.335 e. The minimum absolute atomic E-state index is 0.313. The molecule has 0 bridgehead atoms. The van der Waals surface area contributed by atoms with E-state index in [0.717, 1.165) is 48.8 Å². The molecule has 0 radical (unpaired) electrons. The Balaban J connectivity index is 1.58. The molecule has 138 valence electrons. The number of aromatic carboxylic acids is 1. The molecule has 1 aliphatic heterocycles. The predicted octanol–water partition coefficient (Wildman–Crippen LogP) is 2.77. The second kappa shape index (κ2) is 8.10. The van der Waals surface area contributed by atoms with Gasteiger partial charge in [0.15, 0.2) is 0 Å². The standard InChI is InChI=1S/C20H24N2O4/c1-25-18-9-17(10-19(11-18)26-2)22-8-7-16(13-22)21-12-14-3-5-15(6-4-14)20(23)24/h3-6,9-11,16,21H,7-8,12-13H2,1-2H3,(H,23,24). The normalized spacial score (nSPS) is 16.5. The third-order valence-corrected chi connectivity index (χ3v) is 4.69. The molecule has 1 unspecified atom stereocenters. The maximum Gasteiger partial charge on any atom is 0.335 e. The fourth-order valence-electron chi connectivity index (χ4n) is 3.16. The molecule has 0 spiro atoms. The van der Waals surface area contributed by atoms with Crippen LogP contribution in [0.3, 0.4) is 0 Å². The summed E-state index contributed by atoms with van der Waals surface area (Å²) in [7, 11) is 3.31. The van der Waals surface area contributed by atoms with E-state index < -0.39 is 5.97 Å². The Morgan fingerprint density at radius 3 is 2.38 bits per heavy atom. The number of carbonyl (C=O) groups is 1. The first-order chi connectivity index (χ1) is 12.6. The molecule has 2 N–H and O–H groups in total. The number of hydrogen-bond donors (Lipinski definition) is 2. The number of methoxy groups -OCH3 is 2. The van der Waals surface area contributed by atoms with Crippen molar-refractivity contribution in [2.45, 2.75) is 19.0 Å². The SMILES string of the molecule is COc1cc(OC)cc(N2CCC(NCc3ccc(C(=O)O)cc3)C2)c1. The summed E-state index contributed by atoms with van der Waals surface area (Å²) in [5.41, 5.74) is 2.49. The molecule has 2 aromatic rings. The quantitative estimate of drug-likeness (QED) is 0.795. The van der Waals surface area contributed by atoms with Gasteiger partial charge in [0.2, 0.25) is 0 Å². The van der Waals surface area contributed by atoms with E-state index in [0.29, 0.717) is 11.6 Å². The summed E-state index contributed by atoms with van der Waals surface area (Å²) in [5.74, 6) is 0.674. The van der Waals surface area contributed by atoms with E-state index in [9.17, 15) is 4.79 Å². The highest BCUT2D eigenvalue weighted by molar-refractivity contribution is 5.87. The highest BCUT2D eigenvalue weighted by Crippen LogP contribution is 2.30. The number of nitrogens with one attached hydrogen (secondary N) is 1. The van der Waals surface area contributed by atoms with Crippen LogP contribution in [0.1, 0.15) is 22.3 Å². The van der Waals surface area contributed by atoms with Gasteiger partial charge in [-0.25, -0.2) is 4.79 Å². The van der Waals surface area contributed by atoms with Crippen molar-refractivity contribution in [1.82, 2.24) is 5.32 Å². The largest absolute Gasteiger partial charge is 0.497 e. The van der Waals surface area contributed by atoms with Crippen molar-refractivity contribution in [2.75, 3.05) is 32.2 Å². The van der Waals surface area contributed by atoms with E-state index >= 15 is 0 Å². The fourth-order valence-corrected chi connectivity index (χ4v) is 3.16. The number of rotatable bonds is 7. The van der Waals surface area contributed by atoms with Crippen LogP contribution in [0.5, 0.6) is 11.5 Å². The molecule has 0 saturated carbocycles. The van der Waals surface area contributed by atoms with Gasteiger partial charge in [0, 0.05) is 49.6 Å². The van der Waals surface area contributed by atoms with Crippen molar-refractivity contribution in [1.29, 1.82) is 0 Å². The minimum atomic E-state index is -0.898. The molecule has 0 aromatic heterocycles. The highest BCUT2D eigenvalue weighted by atomic mass is 16.5. The van der Waals surface area contributed by atoms with E-state index in [4.69, 9.17) is 14.6 Å². The van der Waals surface area contributed by atoms with Gasteiger partial charge in [-0.15, -0.1) is 0 Å². The van der Waals surface area contributed by atoms with Crippen LogP contribution in [-0.4, -0.2) is 44.4 Å². The molecule has 0 aliphatic carbocycles. The third kappa shape index (κ3) is 4.26. The van der Waals surface area contributed by atoms with Gasteiger partial charge in [-0.2, -0.15) is 0 Å². The number of carboxylic acid groups (broad SMARTS) is 1. The second-order valence-corrected chi connectivity index (χ2v) is 6.39. The number of ether oxygens (including phenoxy) is 2. The fraction of sp³-hybridized carbons (Fsp3) is 0.350. The Morgan fingerprint density at radius 1 is 1.15 bits per heavy atom. The molecule has 3 rings (SSSR count). The Kier molecular flexibility index (Phi) is 5.63. The van der Waals surface area contributed by atoms with Gasteiger partial charge in [0.1, 0.15) is 11.5 Å². The van der Waals surface area contributed by atoms with Gasteiger partial charge in [-0.3, -0.25) is 0 Å². The zero-order chi connectivity index (χ0) is 18.5. The molecule has 1 saturated heterocycles. The Labute approximate surface area is 153 Å². The van der Waals surface area contributed by atoms with Crippen molar-refractivity contribution in [3.05, 3.63) is 53.6 Å². The summed E-state index contributed by atoms with van der Waals surface area (Å²) in [5, 5.41) is 12.5. The molecule has 0 amide bonds. The molecule has 1 aliphatic rings. The first-order valence-electron chi connectivity index (χ1n) is 8.62. The molecule has 2 aromatic carbocycles. The van der Waals surface area contributed by atoms with Crippen LogP contribution in [0.25, 0.3) is 0 Å².